The minimum Gasteiger partial charge on any atom is -0.480 e. The van der Waals surface area contributed by atoms with Crippen LogP contribution in [-0.4, -0.2) is 23.0 Å². The van der Waals surface area contributed by atoms with Crippen molar-refractivity contribution in [3.63, 3.8) is 0 Å². The van der Waals surface area contributed by atoms with Gasteiger partial charge in [-0.25, -0.2) is 4.79 Å². The number of hydrogen-bond acceptors (Lipinski definition) is 4. The fourth-order valence-electron chi connectivity index (χ4n) is 4.44. The molecular formula is C34H27ClN2O4. The van der Waals surface area contributed by atoms with Gasteiger partial charge in [0.2, 0.25) is 0 Å². The summed E-state index contributed by atoms with van der Waals surface area (Å²) in [4.78, 5) is 27.3. The predicted octanol–water partition coefficient (Wildman–Crippen LogP) is 7.63. The molecule has 0 radical (unpaired) electrons. The van der Waals surface area contributed by atoms with E-state index in [9.17, 15) is 14.7 Å². The Balaban J connectivity index is 1.33. The van der Waals surface area contributed by atoms with Crippen LogP contribution in [0.3, 0.4) is 0 Å². The molecule has 0 aliphatic carbocycles. The molecule has 41 heavy (non-hydrogen) atoms. The van der Waals surface area contributed by atoms with Crippen molar-refractivity contribution in [1.29, 1.82) is 0 Å². The average molecular weight is 563 g/mol. The summed E-state index contributed by atoms with van der Waals surface area (Å²) in [6, 6.07) is 28.7. The van der Waals surface area contributed by atoms with Gasteiger partial charge in [-0.1, -0.05) is 84.4 Å². The number of amides is 1. The molecule has 0 saturated carbocycles. The molecular weight excluding hydrogens is 536 g/mol. The summed E-state index contributed by atoms with van der Waals surface area (Å²) in [7, 11) is 0. The van der Waals surface area contributed by atoms with Crippen molar-refractivity contribution in [2.45, 2.75) is 12.5 Å². The lowest BCUT2D eigenvalue weighted by molar-refractivity contribution is -0.139. The summed E-state index contributed by atoms with van der Waals surface area (Å²) in [5.74, 6) is -0.216. The van der Waals surface area contributed by atoms with E-state index in [-0.39, 0.29) is 12.0 Å². The summed E-state index contributed by atoms with van der Waals surface area (Å²) >= 11 is 6.21. The van der Waals surface area contributed by atoms with Crippen LogP contribution in [0.15, 0.2) is 134 Å². The summed E-state index contributed by atoms with van der Waals surface area (Å²) in [5, 5.41) is 13.0. The fraction of sp³-hybridized carbons (Fsp3) is 0.0588. The Kier molecular flexibility index (Phi) is 8.62. The molecule has 0 spiro atoms. The second-order valence-corrected chi connectivity index (χ2v) is 9.75. The minimum atomic E-state index is -1.15. The van der Waals surface area contributed by atoms with Crippen LogP contribution in [0, 0.1) is 0 Å². The normalized spacial score (nSPS) is 13.0. The molecule has 5 rings (SSSR count). The zero-order chi connectivity index (χ0) is 28.6. The summed E-state index contributed by atoms with van der Waals surface area (Å²) in [6.45, 7) is 0. The molecule has 2 N–H and O–H groups in total. The molecule has 1 atom stereocenters. The number of nitrogens with one attached hydrogen (secondary N) is 1. The quantitative estimate of drug-likeness (QED) is 0.219. The number of benzene rings is 4. The molecule has 0 saturated heterocycles. The van der Waals surface area contributed by atoms with Crippen LogP contribution in [0.1, 0.15) is 15.9 Å². The van der Waals surface area contributed by atoms with Crippen LogP contribution in [-0.2, 0) is 11.2 Å². The van der Waals surface area contributed by atoms with Gasteiger partial charge in [0, 0.05) is 29.4 Å². The molecule has 0 bridgehead atoms. The van der Waals surface area contributed by atoms with Crippen molar-refractivity contribution < 1.29 is 19.4 Å². The van der Waals surface area contributed by atoms with Gasteiger partial charge in [-0.3, -0.25) is 4.79 Å². The van der Waals surface area contributed by atoms with Gasteiger partial charge in [0.25, 0.3) is 5.91 Å². The molecule has 204 valence electrons. The van der Waals surface area contributed by atoms with E-state index in [1.807, 2.05) is 103 Å². The topological polar surface area (TPSA) is 78.9 Å². The molecule has 1 aliphatic rings. The van der Waals surface area contributed by atoms with E-state index in [1.165, 1.54) is 6.07 Å². The number of allylic oxidation sites excluding steroid dienone is 4. The van der Waals surface area contributed by atoms with Crippen LogP contribution < -0.4 is 15.0 Å². The number of nitrogens with zero attached hydrogens (tertiary/aromatic N) is 1. The molecule has 4 aromatic rings. The smallest absolute Gasteiger partial charge is 0.326 e. The second-order valence-electron chi connectivity index (χ2n) is 9.31. The number of carboxylic acids is 1. The van der Waals surface area contributed by atoms with Gasteiger partial charge in [0.05, 0.1) is 11.3 Å². The van der Waals surface area contributed by atoms with E-state index in [2.05, 4.69) is 5.32 Å². The van der Waals surface area contributed by atoms with Crippen LogP contribution in [0.4, 0.5) is 5.69 Å². The zero-order valence-electron chi connectivity index (χ0n) is 22.0. The Morgan fingerprint density at radius 1 is 0.829 bits per heavy atom. The highest BCUT2D eigenvalue weighted by molar-refractivity contribution is 6.31. The Hall–Kier alpha value is -5.07. The molecule has 0 fully saturated rings. The van der Waals surface area contributed by atoms with Gasteiger partial charge in [-0.05, 0) is 59.7 Å². The largest absolute Gasteiger partial charge is 0.480 e. The maximum absolute atomic E-state index is 13.3. The third kappa shape index (κ3) is 6.93. The van der Waals surface area contributed by atoms with E-state index < -0.39 is 17.9 Å². The maximum Gasteiger partial charge on any atom is 0.326 e. The third-order valence-electron chi connectivity index (χ3n) is 6.47. The lowest BCUT2D eigenvalue weighted by Crippen LogP contribution is -2.42. The molecule has 1 heterocycles. The number of carbonyl (C=O) groups is 2. The van der Waals surface area contributed by atoms with E-state index >= 15 is 0 Å². The van der Waals surface area contributed by atoms with Crippen LogP contribution >= 0.6 is 11.6 Å². The van der Waals surface area contributed by atoms with Crippen molar-refractivity contribution in [1.82, 2.24) is 5.32 Å². The molecule has 4 aromatic carbocycles. The maximum atomic E-state index is 13.3. The highest BCUT2D eigenvalue weighted by atomic mass is 35.5. The standard InChI is InChI=1S/C34H27ClN2O4/c35-26-18-19-31(37-20-8-1-2-9-21-37)29(23-26)33(38)36-30(34(39)40)22-24-14-16-25(17-15-24)28-12-6-7-13-32(28)41-27-10-4-3-5-11-27/h1-21,23,30H,22H2,(H,36,38)(H,39,40)/t30-/m0/s1. The minimum absolute atomic E-state index is 0.104. The van der Waals surface area contributed by atoms with Crippen LogP contribution in [0.2, 0.25) is 5.02 Å². The number of carbonyl (C=O) groups excluding carboxylic acids is 1. The number of ether oxygens (including phenoxy) is 1. The van der Waals surface area contributed by atoms with Crippen LogP contribution in [0.5, 0.6) is 11.5 Å². The van der Waals surface area contributed by atoms with Gasteiger partial charge in [-0.2, -0.15) is 0 Å². The number of anilines is 1. The number of aliphatic carboxylic acids is 1. The van der Waals surface area contributed by atoms with Gasteiger partial charge >= 0.3 is 5.97 Å². The Labute approximate surface area is 243 Å². The summed E-state index contributed by atoms with van der Waals surface area (Å²) in [6.07, 6.45) is 11.1. The highest BCUT2D eigenvalue weighted by Gasteiger charge is 2.24. The van der Waals surface area contributed by atoms with Crippen molar-refractivity contribution in [2.75, 3.05) is 4.90 Å². The Morgan fingerprint density at radius 2 is 1.51 bits per heavy atom. The van der Waals surface area contributed by atoms with Crippen LogP contribution in [0.25, 0.3) is 11.1 Å². The van der Waals surface area contributed by atoms with Crippen molar-refractivity contribution in [3.8, 4) is 22.6 Å². The Bertz CT molecular complexity index is 1610. The van der Waals surface area contributed by atoms with E-state index in [0.717, 1.165) is 22.4 Å². The summed E-state index contributed by atoms with van der Waals surface area (Å²) < 4.78 is 6.09. The number of rotatable bonds is 9. The molecule has 6 nitrogen and oxygen atoms in total. The second kappa shape index (κ2) is 12.9. The first-order chi connectivity index (χ1) is 20.0. The van der Waals surface area contributed by atoms with Crippen molar-refractivity contribution >= 4 is 29.2 Å². The number of hydrogen-bond donors (Lipinski definition) is 2. The lowest BCUT2D eigenvalue weighted by atomic mass is 9.99. The predicted molar refractivity (Wildman–Crippen MR) is 162 cm³/mol. The first-order valence-electron chi connectivity index (χ1n) is 13.0. The van der Waals surface area contributed by atoms with Gasteiger partial charge in [0.1, 0.15) is 17.5 Å². The lowest BCUT2D eigenvalue weighted by Gasteiger charge is -2.21. The molecule has 0 unspecified atom stereocenters. The first kappa shape index (κ1) is 27.5. The number of para-hydroxylation sites is 2. The molecule has 7 heteroatoms. The third-order valence-corrected chi connectivity index (χ3v) is 6.71. The molecule has 1 aliphatic heterocycles. The summed E-state index contributed by atoms with van der Waals surface area (Å²) in [5.41, 5.74) is 3.44. The Morgan fingerprint density at radius 3 is 2.22 bits per heavy atom. The van der Waals surface area contributed by atoms with E-state index in [0.29, 0.717) is 16.5 Å². The fourth-order valence-corrected chi connectivity index (χ4v) is 4.61. The molecule has 0 aromatic heterocycles. The SMILES string of the molecule is O=C(N[C@@H](Cc1ccc(-c2ccccc2Oc2ccccc2)cc1)C(=O)O)c1cc(Cl)ccc1N1C=CC=CC=C1. The van der Waals surface area contributed by atoms with Crippen molar-refractivity contribution in [3.05, 3.63) is 150 Å². The van der Waals surface area contributed by atoms with Gasteiger partial charge in [0.15, 0.2) is 0 Å². The van der Waals surface area contributed by atoms with E-state index in [1.54, 1.807) is 29.4 Å². The highest BCUT2D eigenvalue weighted by Crippen LogP contribution is 2.33. The van der Waals surface area contributed by atoms with Crippen molar-refractivity contribution in [2.24, 2.45) is 0 Å². The van der Waals surface area contributed by atoms with Gasteiger partial charge in [-0.15, -0.1) is 0 Å². The number of halogens is 1. The number of carboxylic acid groups (broad SMARTS) is 1. The zero-order valence-corrected chi connectivity index (χ0v) is 22.7. The first-order valence-corrected chi connectivity index (χ1v) is 13.4. The van der Waals surface area contributed by atoms with E-state index in [4.69, 9.17) is 16.3 Å². The molecule has 1 amide bonds. The average Bonchev–Trinajstić information content (AvgIpc) is 3.28. The monoisotopic (exact) mass is 562 g/mol. The van der Waals surface area contributed by atoms with Gasteiger partial charge < -0.3 is 20.1 Å².